The molecule has 1 aliphatic heterocycles. The molecule has 2 aromatic rings. The Bertz CT molecular complexity index is 1130. The van der Waals surface area contributed by atoms with Gasteiger partial charge in [-0.3, -0.25) is 4.90 Å². The van der Waals surface area contributed by atoms with Crippen LogP contribution < -0.4 is 0 Å². The van der Waals surface area contributed by atoms with E-state index >= 15 is 0 Å². The van der Waals surface area contributed by atoms with Gasteiger partial charge in [0.25, 0.3) is 0 Å². The number of ether oxygens (including phenoxy) is 2. The normalized spacial score (nSPS) is 26.7. The number of hydrogen-bond donors (Lipinski definition) is 1. The second-order valence-electron chi connectivity index (χ2n) is 9.99. The lowest BCUT2D eigenvalue weighted by molar-refractivity contribution is -0.143. The van der Waals surface area contributed by atoms with Crippen LogP contribution in [0.3, 0.4) is 0 Å². The van der Waals surface area contributed by atoms with Gasteiger partial charge in [0.2, 0.25) is 0 Å². The van der Waals surface area contributed by atoms with Gasteiger partial charge >= 0.3 is 18.4 Å². The minimum Gasteiger partial charge on any atom is -0.453 e. The van der Waals surface area contributed by atoms with E-state index in [4.69, 9.17) is 9.47 Å². The Balaban J connectivity index is 1.71. The maximum absolute atomic E-state index is 13.4. The third kappa shape index (κ3) is 5.49. The smallest absolute Gasteiger partial charge is 0.416 e. The number of methoxy groups -OCH3 is 1. The van der Waals surface area contributed by atoms with Crippen molar-refractivity contribution in [2.24, 2.45) is 11.8 Å². The zero-order valence-electron chi connectivity index (χ0n) is 21.0. The Morgan fingerprint density at radius 3 is 2.18 bits per heavy atom. The molecule has 0 aromatic heterocycles. The third-order valence-corrected chi connectivity index (χ3v) is 7.69. The monoisotopic (exact) mass is 545 g/mol. The van der Waals surface area contributed by atoms with E-state index in [1.807, 2.05) is 31.2 Å². The van der Waals surface area contributed by atoms with Gasteiger partial charge in [-0.15, -0.1) is 0 Å². The Morgan fingerprint density at radius 2 is 1.63 bits per heavy atom. The van der Waals surface area contributed by atoms with Crippen LogP contribution in [-0.4, -0.2) is 42.1 Å². The summed E-state index contributed by atoms with van der Waals surface area (Å²) >= 11 is 0. The molecular weight excluding hydrogens is 516 g/mol. The molecule has 5 nitrogen and oxygen atoms in total. The molecule has 1 aliphatic carbocycles. The Kier molecular flexibility index (Phi) is 7.73. The maximum Gasteiger partial charge on any atom is 0.416 e. The lowest BCUT2D eigenvalue weighted by atomic mass is 9.68. The molecule has 6 atom stereocenters. The number of amides is 1. The molecule has 1 unspecified atom stereocenters. The topological polar surface area (TPSA) is 59.0 Å². The number of carbonyl (C=O) groups is 1. The highest BCUT2D eigenvalue weighted by molar-refractivity contribution is 5.68. The van der Waals surface area contributed by atoms with Crippen LogP contribution in [0.15, 0.2) is 42.5 Å². The first-order valence-electron chi connectivity index (χ1n) is 12.3. The van der Waals surface area contributed by atoms with Gasteiger partial charge in [-0.25, -0.2) is 4.79 Å². The van der Waals surface area contributed by atoms with Gasteiger partial charge in [0.05, 0.1) is 30.4 Å². The van der Waals surface area contributed by atoms with Gasteiger partial charge in [-0.05, 0) is 67.5 Å². The fraction of sp³-hybridized carbons (Fsp3) is 0.519. The van der Waals surface area contributed by atoms with Crippen LogP contribution in [0.2, 0.25) is 0 Å². The number of hydrogen-bond acceptors (Lipinski definition) is 4. The van der Waals surface area contributed by atoms with E-state index < -0.39 is 59.8 Å². The quantitative estimate of drug-likeness (QED) is 0.435. The summed E-state index contributed by atoms with van der Waals surface area (Å²) in [5.41, 5.74) is -1.33. The molecule has 4 rings (SSSR count). The average molecular weight is 546 g/mol. The summed E-state index contributed by atoms with van der Waals surface area (Å²) in [6.07, 6.45) is -12.6. The first kappa shape index (κ1) is 28.2. The van der Waals surface area contributed by atoms with Crippen molar-refractivity contribution in [3.05, 3.63) is 70.3 Å². The molecule has 1 saturated heterocycles. The highest BCUT2D eigenvalue weighted by atomic mass is 19.4. The number of likely N-dealkylation sites (tertiary alicyclic amines) is 1. The van der Waals surface area contributed by atoms with Crippen molar-refractivity contribution in [3.8, 4) is 0 Å². The van der Waals surface area contributed by atoms with Gasteiger partial charge < -0.3 is 14.6 Å². The minimum atomic E-state index is -4.97. The highest BCUT2D eigenvalue weighted by Crippen LogP contribution is 2.50. The number of halogens is 6. The number of nitrogens with zero attached hydrogens (tertiary/aromatic N) is 1. The van der Waals surface area contributed by atoms with E-state index in [0.717, 1.165) is 11.1 Å². The van der Waals surface area contributed by atoms with Crippen LogP contribution >= 0.6 is 0 Å². The second-order valence-corrected chi connectivity index (χ2v) is 9.99. The van der Waals surface area contributed by atoms with Gasteiger partial charge in [0.15, 0.2) is 0 Å². The van der Waals surface area contributed by atoms with E-state index in [1.165, 1.54) is 18.9 Å². The lowest BCUT2D eigenvalue weighted by Gasteiger charge is -2.42. The van der Waals surface area contributed by atoms with E-state index in [-0.39, 0.29) is 24.1 Å². The zero-order chi connectivity index (χ0) is 28.0. The van der Waals surface area contributed by atoms with Gasteiger partial charge in [0.1, 0.15) is 6.23 Å². The van der Waals surface area contributed by atoms with Gasteiger partial charge in [0, 0.05) is 18.4 Å². The molecule has 1 heterocycles. The third-order valence-electron chi connectivity index (χ3n) is 7.69. The fourth-order valence-electron chi connectivity index (χ4n) is 5.88. The molecule has 2 aromatic carbocycles. The lowest BCUT2D eigenvalue weighted by Crippen LogP contribution is -2.43. The van der Waals surface area contributed by atoms with Gasteiger partial charge in [-0.1, -0.05) is 24.3 Å². The molecule has 0 bridgehead atoms. The number of benzene rings is 2. The molecule has 38 heavy (non-hydrogen) atoms. The highest BCUT2D eigenvalue weighted by Gasteiger charge is 2.53. The molecule has 1 amide bonds. The van der Waals surface area contributed by atoms with Crippen molar-refractivity contribution < 1.29 is 45.7 Å². The summed E-state index contributed by atoms with van der Waals surface area (Å²) in [5, 5.41) is 11.1. The van der Waals surface area contributed by atoms with Crippen LogP contribution in [0.4, 0.5) is 31.1 Å². The molecule has 11 heteroatoms. The number of aliphatic hydroxyl groups excluding tert-OH is 1. The SMILES string of the molecule is COC(=O)N1C[C@H]2CC[C@H](O[C@H](C)c3cc(C(F)(F)F)cc(C(F)(F)F)c3)[C@@H](c3ccccc3C)[C@@H]2C1O. The van der Waals surface area contributed by atoms with Crippen molar-refractivity contribution in [3.63, 3.8) is 0 Å². The summed E-state index contributed by atoms with van der Waals surface area (Å²) in [5.74, 6) is -1.02. The van der Waals surface area contributed by atoms with Crippen LogP contribution in [0.25, 0.3) is 0 Å². The van der Waals surface area contributed by atoms with Crippen LogP contribution in [-0.2, 0) is 21.8 Å². The standard InChI is InChI=1S/C27H29F6NO4/c1-14-6-4-5-7-20(14)23-21(9-8-16-13-34(25(36)37-3)24(35)22(16)23)38-15(2)17-10-18(26(28,29)30)12-19(11-17)27(31,32)33/h4-7,10-12,15-16,21-24,35H,8-9,13H2,1-3H3/t15-,16-,21+,22-,23-,24?/m1/s1. The number of fused-ring (bicyclic) bond motifs is 1. The van der Waals surface area contributed by atoms with E-state index in [1.54, 1.807) is 0 Å². The van der Waals surface area contributed by atoms with Crippen LogP contribution in [0.5, 0.6) is 0 Å². The van der Waals surface area contributed by atoms with Crippen LogP contribution in [0, 0.1) is 18.8 Å². The Hall–Kier alpha value is -2.79. The summed E-state index contributed by atoms with van der Waals surface area (Å²) in [7, 11) is 1.22. The molecule has 2 aliphatic rings. The van der Waals surface area contributed by atoms with Crippen molar-refractivity contribution in [2.45, 2.75) is 63.4 Å². The fourth-order valence-corrected chi connectivity index (χ4v) is 5.88. The van der Waals surface area contributed by atoms with Crippen molar-refractivity contribution in [2.75, 3.05) is 13.7 Å². The Morgan fingerprint density at radius 1 is 1.03 bits per heavy atom. The number of rotatable bonds is 4. The number of carbonyl (C=O) groups excluding carboxylic acids is 1. The molecule has 2 fully saturated rings. The molecule has 1 N–H and O–H groups in total. The van der Waals surface area contributed by atoms with Crippen molar-refractivity contribution in [1.29, 1.82) is 0 Å². The zero-order valence-corrected chi connectivity index (χ0v) is 21.0. The summed E-state index contributed by atoms with van der Waals surface area (Å²) in [6.45, 7) is 3.56. The minimum absolute atomic E-state index is 0.0887. The first-order valence-corrected chi connectivity index (χ1v) is 12.3. The summed E-state index contributed by atoms with van der Waals surface area (Å²) in [6, 6.07) is 8.84. The maximum atomic E-state index is 13.4. The van der Waals surface area contributed by atoms with E-state index in [9.17, 15) is 36.2 Å². The molecule has 0 spiro atoms. The van der Waals surface area contributed by atoms with Gasteiger partial charge in [-0.2, -0.15) is 26.3 Å². The predicted octanol–water partition coefficient (Wildman–Crippen LogP) is 6.69. The second kappa shape index (κ2) is 10.4. The first-order chi connectivity index (χ1) is 17.7. The van der Waals surface area contributed by atoms with Crippen molar-refractivity contribution in [1.82, 2.24) is 4.90 Å². The Labute approximate surface area is 216 Å². The van der Waals surface area contributed by atoms with E-state index in [2.05, 4.69) is 0 Å². The number of aryl methyl sites for hydroxylation is 1. The largest absolute Gasteiger partial charge is 0.453 e. The summed E-state index contributed by atoms with van der Waals surface area (Å²) in [4.78, 5) is 13.5. The number of aliphatic hydroxyl groups is 1. The van der Waals surface area contributed by atoms with E-state index in [0.29, 0.717) is 25.0 Å². The van der Waals surface area contributed by atoms with Crippen LogP contribution in [0.1, 0.15) is 59.6 Å². The average Bonchev–Trinajstić information content (AvgIpc) is 3.19. The molecular formula is C27H29F6NO4. The van der Waals surface area contributed by atoms with Crippen molar-refractivity contribution >= 4 is 6.09 Å². The molecule has 0 radical (unpaired) electrons. The predicted molar refractivity (Wildman–Crippen MR) is 125 cm³/mol. The number of alkyl halides is 6. The molecule has 208 valence electrons. The summed E-state index contributed by atoms with van der Waals surface area (Å²) < 4.78 is 91.6. The molecule has 1 saturated carbocycles.